The molecule has 1 aromatic rings. The molecule has 1 atom stereocenters. The highest BCUT2D eigenvalue weighted by molar-refractivity contribution is 7.98. The van der Waals surface area contributed by atoms with Crippen molar-refractivity contribution in [3.63, 3.8) is 0 Å². The van der Waals surface area contributed by atoms with Gasteiger partial charge in [0.25, 0.3) is 0 Å². The van der Waals surface area contributed by atoms with Gasteiger partial charge in [-0.2, -0.15) is 11.8 Å². The number of hydrogen-bond donors (Lipinski definition) is 0. The summed E-state index contributed by atoms with van der Waals surface area (Å²) in [5.74, 6) is 0.460. The molecular weight excluding hydrogens is 208 g/mol. The lowest BCUT2D eigenvalue weighted by molar-refractivity contribution is -0.141. The van der Waals surface area contributed by atoms with Crippen LogP contribution in [0.1, 0.15) is 17.0 Å². The van der Waals surface area contributed by atoms with E-state index < -0.39 is 0 Å². The summed E-state index contributed by atoms with van der Waals surface area (Å²) in [7, 11) is 1.44. The van der Waals surface area contributed by atoms with Gasteiger partial charge in [-0.05, 0) is 24.3 Å². The molecule has 0 radical (unpaired) electrons. The van der Waals surface area contributed by atoms with Crippen LogP contribution in [0.15, 0.2) is 24.3 Å². The Morgan fingerprint density at radius 3 is 2.67 bits per heavy atom. The van der Waals surface area contributed by atoms with E-state index in [1.807, 2.05) is 37.4 Å². The molecule has 1 unspecified atom stereocenters. The zero-order valence-electron chi connectivity index (χ0n) is 9.32. The Labute approximate surface area is 95.0 Å². The second kappa shape index (κ2) is 5.81. The quantitative estimate of drug-likeness (QED) is 0.735. The molecule has 0 saturated heterocycles. The van der Waals surface area contributed by atoms with Gasteiger partial charge >= 0.3 is 5.97 Å². The van der Waals surface area contributed by atoms with E-state index >= 15 is 0 Å². The molecule has 0 spiro atoms. The second-order valence-electron chi connectivity index (χ2n) is 3.39. The zero-order valence-corrected chi connectivity index (χ0v) is 10.1. The number of esters is 1. The molecule has 3 heteroatoms. The van der Waals surface area contributed by atoms with Crippen LogP contribution >= 0.6 is 11.8 Å². The van der Waals surface area contributed by atoms with E-state index in [4.69, 9.17) is 4.74 Å². The fraction of sp³-hybridized carbons (Fsp3) is 0.417. The van der Waals surface area contributed by atoms with E-state index in [-0.39, 0.29) is 11.9 Å². The first kappa shape index (κ1) is 12.1. The first-order chi connectivity index (χ1) is 7.20. The SMILES string of the molecule is COC(=O)C(CSC)c1ccccc1C. The Bertz CT molecular complexity index is 336. The minimum atomic E-state index is -0.154. The number of aryl methyl sites for hydroxylation is 1. The van der Waals surface area contributed by atoms with Crippen molar-refractivity contribution in [1.29, 1.82) is 0 Å². The molecule has 2 nitrogen and oxygen atoms in total. The summed E-state index contributed by atoms with van der Waals surface area (Å²) in [4.78, 5) is 11.6. The van der Waals surface area contributed by atoms with Crippen molar-refractivity contribution in [2.24, 2.45) is 0 Å². The summed E-state index contributed by atoms with van der Waals surface area (Å²) < 4.78 is 4.82. The van der Waals surface area contributed by atoms with Gasteiger partial charge in [0, 0.05) is 5.75 Å². The fourth-order valence-corrected chi connectivity index (χ4v) is 2.22. The fourth-order valence-electron chi connectivity index (χ4n) is 1.57. The Kier molecular flexibility index (Phi) is 4.69. The van der Waals surface area contributed by atoms with Crippen LogP contribution in [0.2, 0.25) is 0 Å². The number of rotatable bonds is 4. The van der Waals surface area contributed by atoms with E-state index in [2.05, 4.69) is 0 Å². The average Bonchev–Trinajstić information content (AvgIpc) is 2.26. The van der Waals surface area contributed by atoms with Crippen molar-refractivity contribution in [3.05, 3.63) is 35.4 Å². The third-order valence-corrected chi connectivity index (χ3v) is 3.05. The number of thioether (sulfide) groups is 1. The first-order valence-electron chi connectivity index (χ1n) is 4.83. The van der Waals surface area contributed by atoms with E-state index in [1.165, 1.54) is 7.11 Å². The molecule has 0 amide bonds. The Morgan fingerprint density at radius 1 is 1.47 bits per heavy atom. The summed E-state index contributed by atoms with van der Waals surface area (Å²) in [6, 6.07) is 7.95. The third-order valence-electron chi connectivity index (χ3n) is 2.38. The molecule has 0 saturated carbocycles. The summed E-state index contributed by atoms with van der Waals surface area (Å²) >= 11 is 1.66. The predicted octanol–water partition coefficient (Wildman–Crippen LogP) is 2.61. The van der Waals surface area contributed by atoms with Crippen LogP contribution in [0.25, 0.3) is 0 Å². The number of hydrogen-bond acceptors (Lipinski definition) is 3. The minimum Gasteiger partial charge on any atom is -0.469 e. The van der Waals surface area contributed by atoms with Crippen LogP contribution in [0.3, 0.4) is 0 Å². The van der Waals surface area contributed by atoms with Gasteiger partial charge in [-0.15, -0.1) is 0 Å². The molecule has 15 heavy (non-hydrogen) atoms. The van der Waals surface area contributed by atoms with Crippen molar-refractivity contribution >= 4 is 17.7 Å². The molecule has 0 heterocycles. The van der Waals surface area contributed by atoms with Gasteiger partial charge in [0.05, 0.1) is 13.0 Å². The van der Waals surface area contributed by atoms with Gasteiger partial charge in [-0.25, -0.2) is 0 Å². The molecule has 0 aromatic heterocycles. The number of methoxy groups -OCH3 is 1. The summed E-state index contributed by atoms with van der Waals surface area (Å²) in [5.41, 5.74) is 2.21. The summed E-state index contributed by atoms with van der Waals surface area (Å²) in [5, 5.41) is 0. The van der Waals surface area contributed by atoms with Crippen molar-refractivity contribution < 1.29 is 9.53 Å². The van der Waals surface area contributed by atoms with Crippen molar-refractivity contribution in [2.75, 3.05) is 19.1 Å². The van der Waals surface area contributed by atoms with Gasteiger partial charge in [-0.1, -0.05) is 24.3 Å². The number of benzene rings is 1. The first-order valence-corrected chi connectivity index (χ1v) is 6.22. The summed E-state index contributed by atoms with van der Waals surface area (Å²) in [6.45, 7) is 2.02. The van der Waals surface area contributed by atoms with Crippen LogP contribution in [0.4, 0.5) is 0 Å². The van der Waals surface area contributed by atoms with Gasteiger partial charge in [-0.3, -0.25) is 4.79 Å². The molecule has 0 aliphatic carbocycles. The minimum absolute atomic E-state index is 0.147. The Balaban J connectivity index is 2.98. The van der Waals surface area contributed by atoms with Gasteiger partial charge in [0.15, 0.2) is 0 Å². The lowest BCUT2D eigenvalue weighted by Gasteiger charge is -2.15. The smallest absolute Gasteiger partial charge is 0.313 e. The van der Waals surface area contributed by atoms with Crippen LogP contribution in [0.5, 0.6) is 0 Å². The van der Waals surface area contributed by atoms with Crippen molar-refractivity contribution in [3.8, 4) is 0 Å². The predicted molar refractivity (Wildman–Crippen MR) is 64.3 cm³/mol. The van der Waals surface area contributed by atoms with E-state index in [0.29, 0.717) is 0 Å². The maximum Gasteiger partial charge on any atom is 0.313 e. The zero-order chi connectivity index (χ0) is 11.3. The topological polar surface area (TPSA) is 26.3 Å². The maximum atomic E-state index is 11.6. The molecular formula is C12H16O2S. The maximum absolute atomic E-state index is 11.6. The van der Waals surface area contributed by atoms with E-state index in [0.717, 1.165) is 16.9 Å². The molecule has 0 aliphatic heterocycles. The van der Waals surface area contributed by atoms with Crippen molar-refractivity contribution in [1.82, 2.24) is 0 Å². The highest BCUT2D eigenvalue weighted by Crippen LogP contribution is 2.24. The Morgan fingerprint density at radius 2 is 2.13 bits per heavy atom. The lowest BCUT2D eigenvalue weighted by atomic mass is 9.96. The molecule has 0 N–H and O–H groups in total. The van der Waals surface area contributed by atoms with E-state index in [9.17, 15) is 4.79 Å². The molecule has 82 valence electrons. The van der Waals surface area contributed by atoms with Crippen molar-refractivity contribution in [2.45, 2.75) is 12.8 Å². The average molecular weight is 224 g/mol. The standard InChI is InChI=1S/C12H16O2S/c1-9-6-4-5-7-10(9)11(8-15-3)12(13)14-2/h4-7,11H,8H2,1-3H3. The highest BCUT2D eigenvalue weighted by Gasteiger charge is 2.21. The van der Waals surface area contributed by atoms with Crippen LogP contribution < -0.4 is 0 Å². The van der Waals surface area contributed by atoms with E-state index in [1.54, 1.807) is 11.8 Å². The van der Waals surface area contributed by atoms with Crippen LogP contribution in [-0.2, 0) is 9.53 Å². The number of carbonyl (C=O) groups excluding carboxylic acids is 1. The molecule has 0 fully saturated rings. The molecule has 1 rings (SSSR count). The molecule has 1 aromatic carbocycles. The molecule has 0 bridgehead atoms. The Hall–Kier alpha value is -0.960. The summed E-state index contributed by atoms with van der Waals surface area (Å²) in [6.07, 6.45) is 1.99. The number of ether oxygens (including phenoxy) is 1. The largest absolute Gasteiger partial charge is 0.469 e. The third kappa shape index (κ3) is 2.99. The number of carbonyl (C=O) groups is 1. The second-order valence-corrected chi connectivity index (χ2v) is 4.30. The lowest BCUT2D eigenvalue weighted by Crippen LogP contribution is -2.17. The van der Waals surface area contributed by atoms with Gasteiger partial charge < -0.3 is 4.74 Å². The van der Waals surface area contributed by atoms with Gasteiger partial charge in [0.1, 0.15) is 0 Å². The monoisotopic (exact) mass is 224 g/mol. The van der Waals surface area contributed by atoms with Gasteiger partial charge in [0.2, 0.25) is 0 Å². The van der Waals surface area contributed by atoms with Crippen LogP contribution in [-0.4, -0.2) is 25.1 Å². The molecule has 0 aliphatic rings. The normalized spacial score (nSPS) is 12.2. The van der Waals surface area contributed by atoms with Crippen LogP contribution in [0, 0.1) is 6.92 Å². The highest BCUT2D eigenvalue weighted by atomic mass is 32.2.